The van der Waals surface area contributed by atoms with Gasteiger partial charge in [0.15, 0.2) is 0 Å². The van der Waals surface area contributed by atoms with E-state index in [2.05, 4.69) is 10.6 Å². The lowest BCUT2D eigenvalue weighted by Gasteiger charge is -2.26. The SMILES string of the molecule is O=C(NC1CSC1)c1cc(NC(=O)C2C(c3cc(Cl)c(Cl)c(Cl)c3)C2(Cl)Cl)ccc1Cl. The van der Waals surface area contributed by atoms with E-state index in [9.17, 15) is 9.59 Å². The first-order valence-corrected chi connectivity index (χ1v) is 12.5. The summed E-state index contributed by atoms with van der Waals surface area (Å²) in [5.41, 5.74) is 1.30. The van der Waals surface area contributed by atoms with Crippen LogP contribution in [0.15, 0.2) is 30.3 Å². The predicted octanol–water partition coefficient (Wildman–Crippen LogP) is 6.67. The van der Waals surface area contributed by atoms with Gasteiger partial charge in [0, 0.05) is 29.2 Å². The van der Waals surface area contributed by atoms with E-state index in [0.717, 1.165) is 11.5 Å². The van der Waals surface area contributed by atoms with Gasteiger partial charge in [-0.25, -0.2) is 0 Å². The summed E-state index contributed by atoms with van der Waals surface area (Å²) >= 11 is 38.9. The highest BCUT2D eigenvalue weighted by atomic mass is 35.5. The fourth-order valence-corrected chi connectivity index (χ4v) is 5.68. The molecule has 1 aliphatic heterocycles. The largest absolute Gasteiger partial charge is 0.348 e. The van der Waals surface area contributed by atoms with E-state index in [1.54, 1.807) is 36.0 Å². The van der Waals surface area contributed by atoms with Gasteiger partial charge < -0.3 is 10.6 Å². The molecular weight excluding hydrogens is 545 g/mol. The van der Waals surface area contributed by atoms with E-state index >= 15 is 0 Å². The second-order valence-electron chi connectivity index (χ2n) is 7.32. The number of carbonyl (C=O) groups excluding carboxylic acids is 2. The van der Waals surface area contributed by atoms with Gasteiger partial charge in [-0.1, -0.05) is 46.4 Å². The summed E-state index contributed by atoms with van der Waals surface area (Å²) in [6.45, 7) is 0. The van der Waals surface area contributed by atoms with E-state index in [1.165, 1.54) is 6.07 Å². The molecule has 2 N–H and O–H groups in total. The summed E-state index contributed by atoms with van der Waals surface area (Å²) in [7, 11) is 0. The van der Waals surface area contributed by atoms with Crippen LogP contribution in [0.1, 0.15) is 21.8 Å². The molecule has 2 amide bonds. The molecule has 4 nitrogen and oxygen atoms in total. The molecule has 1 saturated heterocycles. The zero-order valence-corrected chi connectivity index (χ0v) is 20.9. The summed E-state index contributed by atoms with van der Waals surface area (Å²) < 4.78 is -1.33. The minimum Gasteiger partial charge on any atom is -0.348 e. The van der Waals surface area contributed by atoms with Crippen LogP contribution in [0.2, 0.25) is 20.1 Å². The number of rotatable bonds is 5. The van der Waals surface area contributed by atoms with Crippen LogP contribution in [0, 0.1) is 5.92 Å². The van der Waals surface area contributed by atoms with Crippen LogP contribution in [0.3, 0.4) is 0 Å². The van der Waals surface area contributed by atoms with Crippen molar-refractivity contribution in [2.24, 2.45) is 5.92 Å². The van der Waals surface area contributed by atoms with Crippen molar-refractivity contribution in [3.8, 4) is 0 Å². The van der Waals surface area contributed by atoms with Gasteiger partial charge in [0.05, 0.1) is 31.6 Å². The fourth-order valence-electron chi connectivity index (χ4n) is 3.40. The summed E-state index contributed by atoms with van der Waals surface area (Å²) in [5.74, 6) is -0.214. The molecule has 1 heterocycles. The molecule has 4 rings (SSSR count). The molecule has 11 heteroatoms. The van der Waals surface area contributed by atoms with Crippen LogP contribution < -0.4 is 10.6 Å². The Bertz CT molecular complexity index is 1050. The second kappa shape index (κ2) is 9.02. The first kappa shape index (κ1) is 23.6. The fraction of sp³-hybridized carbons (Fsp3) is 0.300. The lowest BCUT2D eigenvalue weighted by Crippen LogP contribution is -2.43. The maximum Gasteiger partial charge on any atom is 0.253 e. The number of amides is 2. The molecule has 2 aromatic rings. The molecule has 2 unspecified atom stereocenters. The van der Waals surface area contributed by atoms with Crippen molar-refractivity contribution in [1.82, 2.24) is 5.32 Å². The number of thioether (sulfide) groups is 1. The Morgan fingerprint density at radius 1 is 0.968 bits per heavy atom. The van der Waals surface area contributed by atoms with Crippen molar-refractivity contribution in [2.45, 2.75) is 16.3 Å². The van der Waals surface area contributed by atoms with Crippen LogP contribution in [-0.4, -0.2) is 33.7 Å². The quantitative estimate of drug-likeness (QED) is 0.318. The minimum atomic E-state index is -1.33. The molecule has 0 bridgehead atoms. The first-order valence-electron chi connectivity index (χ1n) is 9.11. The maximum atomic E-state index is 12.9. The third-order valence-corrected chi connectivity index (χ3v) is 8.90. The van der Waals surface area contributed by atoms with Crippen LogP contribution in [0.4, 0.5) is 5.69 Å². The van der Waals surface area contributed by atoms with Gasteiger partial charge in [-0.3, -0.25) is 9.59 Å². The highest BCUT2D eigenvalue weighted by molar-refractivity contribution is 8.00. The van der Waals surface area contributed by atoms with Gasteiger partial charge >= 0.3 is 0 Å². The predicted molar refractivity (Wildman–Crippen MR) is 131 cm³/mol. The van der Waals surface area contributed by atoms with Gasteiger partial charge in [-0.05, 0) is 35.9 Å². The number of anilines is 1. The zero-order valence-electron chi connectivity index (χ0n) is 15.5. The normalized spacial score (nSPS) is 21.9. The van der Waals surface area contributed by atoms with Crippen LogP contribution in [-0.2, 0) is 4.79 Å². The van der Waals surface area contributed by atoms with Crippen LogP contribution >= 0.6 is 81.4 Å². The maximum absolute atomic E-state index is 12.9. The van der Waals surface area contributed by atoms with Gasteiger partial charge in [0.2, 0.25) is 5.91 Å². The third-order valence-electron chi connectivity index (χ3n) is 5.15. The average molecular weight is 559 g/mol. The van der Waals surface area contributed by atoms with Gasteiger partial charge in [0.25, 0.3) is 5.91 Å². The topological polar surface area (TPSA) is 58.2 Å². The van der Waals surface area contributed by atoms with Crippen molar-refractivity contribution >= 4 is 98.9 Å². The van der Waals surface area contributed by atoms with E-state index in [4.69, 9.17) is 69.6 Å². The molecule has 1 saturated carbocycles. The van der Waals surface area contributed by atoms with Crippen LogP contribution in [0.25, 0.3) is 0 Å². The van der Waals surface area contributed by atoms with Gasteiger partial charge in [0.1, 0.15) is 4.33 Å². The van der Waals surface area contributed by atoms with Crippen molar-refractivity contribution in [3.63, 3.8) is 0 Å². The molecule has 1 aliphatic carbocycles. The summed E-state index contributed by atoms with van der Waals surface area (Å²) in [6.07, 6.45) is 0. The van der Waals surface area contributed by atoms with Crippen molar-refractivity contribution in [2.75, 3.05) is 16.8 Å². The molecule has 2 aromatic carbocycles. The zero-order chi connectivity index (χ0) is 22.5. The van der Waals surface area contributed by atoms with Crippen LogP contribution in [0.5, 0.6) is 0 Å². The number of carbonyl (C=O) groups is 2. The summed E-state index contributed by atoms with van der Waals surface area (Å²) in [4.78, 5) is 25.4. The van der Waals surface area contributed by atoms with E-state index < -0.39 is 22.1 Å². The molecule has 0 spiro atoms. The smallest absolute Gasteiger partial charge is 0.253 e. The summed E-state index contributed by atoms with van der Waals surface area (Å²) in [5, 5.41) is 6.68. The number of benzene rings is 2. The number of hydrogen-bond donors (Lipinski definition) is 2. The van der Waals surface area contributed by atoms with Gasteiger partial charge in [-0.15, -0.1) is 23.2 Å². The third kappa shape index (κ3) is 4.74. The average Bonchev–Trinajstić information content (AvgIpc) is 3.26. The molecule has 2 fully saturated rings. The Hall–Kier alpha value is -0.530. The number of nitrogens with one attached hydrogen (secondary N) is 2. The monoisotopic (exact) mass is 556 g/mol. The molecule has 2 atom stereocenters. The Labute approximate surface area is 213 Å². The summed E-state index contributed by atoms with van der Waals surface area (Å²) in [6, 6.07) is 8.00. The number of hydrogen-bond acceptors (Lipinski definition) is 3. The minimum absolute atomic E-state index is 0.130. The van der Waals surface area contributed by atoms with E-state index in [-0.39, 0.29) is 32.6 Å². The number of halogens is 6. The van der Waals surface area contributed by atoms with Crippen molar-refractivity contribution in [3.05, 3.63) is 61.5 Å². The lowest BCUT2D eigenvalue weighted by atomic mass is 10.1. The molecule has 2 aliphatic rings. The Morgan fingerprint density at radius 3 is 2.19 bits per heavy atom. The van der Waals surface area contributed by atoms with E-state index in [0.29, 0.717) is 16.3 Å². The molecule has 31 heavy (non-hydrogen) atoms. The van der Waals surface area contributed by atoms with Crippen molar-refractivity contribution < 1.29 is 9.59 Å². The molecule has 0 radical (unpaired) electrons. The van der Waals surface area contributed by atoms with Gasteiger partial charge in [-0.2, -0.15) is 11.8 Å². The molecule has 0 aromatic heterocycles. The Kier molecular flexibility index (Phi) is 6.87. The highest BCUT2D eigenvalue weighted by Crippen LogP contribution is 2.65. The second-order valence-corrected chi connectivity index (χ2v) is 11.4. The van der Waals surface area contributed by atoms with Crippen molar-refractivity contribution in [1.29, 1.82) is 0 Å². The standard InChI is InChI=1S/C20H14Cl6N2O2S/c21-12-2-1-9(5-11(12)18(29)28-10-6-31-7-10)27-19(30)16-15(20(16,25)26)8-3-13(22)17(24)14(23)4-8/h1-5,10,15-16H,6-7H2,(H,27,30)(H,28,29). The Balaban J connectivity index is 1.50. The van der Waals surface area contributed by atoms with E-state index in [1.807, 2.05) is 0 Å². The molecule has 164 valence electrons. The lowest BCUT2D eigenvalue weighted by molar-refractivity contribution is -0.117. The first-order chi connectivity index (χ1) is 14.6. The number of alkyl halides is 2. The highest BCUT2D eigenvalue weighted by Gasteiger charge is 2.67. The molecular formula is C20H14Cl6N2O2S. The Morgan fingerprint density at radius 2 is 1.61 bits per heavy atom.